The third-order valence-corrected chi connectivity index (χ3v) is 8.53. The van der Waals surface area contributed by atoms with Gasteiger partial charge in [-0.3, -0.25) is 9.58 Å². The van der Waals surface area contributed by atoms with Crippen molar-refractivity contribution in [2.45, 2.75) is 63.8 Å². The summed E-state index contributed by atoms with van der Waals surface area (Å²) in [5.74, 6) is 1.41. The minimum atomic E-state index is -0.268. The molecule has 1 aromatic carbocycles. The van der Waals surface area contributed by atoms with Crippen molar-refractivity contribution in [3.8, 4) is 28.8 Å². The number of halogens is 1. The van der Waals surface area contributed by atoms with Crippen LogP contribution in [-0.4, -0.2) is 104 Å². The highest BCUT2D eigenvalue weighted by atomic mass is 35.5. The number of benzene rings is 1. The lowest BCUT2D eigenvalue weighted by Crippen LogP contribution is -2.45. The summed E-state index contributed by atoms with van der Waals surface area (Å²) in [5, 5.41) is 29.0. The average Bonchev–Trinajstić information content (AvgIpc) is 3.77. The summed E-state index contributed by atoms with van der Waals surface area (Å²) in [6, 6.07) is 8.52. The first-order valence-electron chi connectivity index (χ1n) is 16.1. The lowest BCUT2D eigenvalue weighted by Gasteiger charge is -2.38. The minimum absolute atomic E-state index is 0. The molecule has 1 atom stereocenters. The number of ether oxygens (including phenoxy) is 4. The van der Waals surface area contributed by atoms with Crippen molar-refractivity contribution >= 4 is 24.0 Å². The average molecular weight is 680 g/mol. The van der Waals surface area contributed by atoms with Crippen LogP contribution in [0.2, 0.25) is 0 Å². The molecule has 1 aliphatic heterocycles. The van der Waals surface area contributed by atoms with E-state index in [2.05, 4.69) is 41.8 Å². The Hall–Kier alpha value is -4.36. The van der Waals surface area contributed by atoms with Gasteiger partial charge in [0.05, 0.1) is 44.2 Å². The second-order valence-corrected chi connectivity index (χ2v) is 11.8. The number of nitrogens with one attached hydrogen (secondary N) is 1. The molecule has 48 heavy (non-hydrogen) atoms. The first-order valence-corrected chi connectivity index (χ1v) is 16.1. The van der Waals surface area contributed by atoms with Crippen LogP contribution in [0.3, 0.4) is 0 Å². The zero-order valence-electron chi connectivity index (χ0n) is 27.3. The number of hydrogen-bond donors (Lipinski definition) is 1. The zero-order valence-corrected chi connectivity index (χ0v) is 28.1. The van der Waals surface area contributed by atoms with Crippen molar-refractivity contribution in [3.05, 3.63) is 48.7 Å². The third kappa shape index (κ3) is 8.95. The monoisotopic (exact) mass is 679 g/mol. The summed E-state index contributed by atoms with van der Waals surface area (Å²) in [4.78, 5) is 11.7. The molecular formula is C32H42ClN11O4. The van der Waals surface area contributed by atoms with Gasteiger partial charge in [0.1, 0.15) is 29.9 Å². The van der Waals surface area contributed by atoms with Crippen molar-refractivity contribution in [3.63, 3.8) is 0 Å². The van der Waals surface area contributed by atoms with Crippen LogP contribution in [0.25, 0.3) is 11.1 Å². The van der Waals surface area contributed by atoms with Crippen LogP contribution in [0, 0.1) is 11.3 Å². The molecule has 6 rings (SSSR count). The van der Waals surface area contributed by atoms with Crippen molar-refractivity contribution in [1.29, 1.82) is 5.26 Å². The van der Waals surface area contributed by atoms with E-state index >= 15 is 0 Å². The number of rotatable bonds is 14. The molecule has 0 unspecified atom stereocenters. The summed E-state index contributed by atoms with van der Waals surface area (Å²) in [5.41, 5.74) is 2.75. The van der Waals surface area contributed by atoms with Gasteiger partial charge in [0, 0.05) is 57.2 Å². The number of nitrogens with zero attached hydrogens (tertiary/aromatic N) is 10. The fourth-order valence-electron chi connectivity index (χ4n) is 6.09. The Morgan fingerprint density at radius 1 is 1.06 bits per heavy atom. The molecular weight excluding hydrogens is 638 g/mol. The highest BCUT2D eigenvalue weighted by Crippen LogP contribution is 2.35. The molecule has 1 saturated heterocycles. The number of methoxy groups -OCH3 is 1. The topological polar surface area (TPSA) is 163 Å². The van der Waals surface area contributed by atoms with Gasteiger partial charge < -0.3 is 24.3 Å². The largest absolute Gasteiger partial charge is 0.487 e. The van der Waals surface area contributed by atoms with Gasteiger partial charge in [-0.25, -0.2) is 14.6 Å². The Labute approximate surface area is 285 Å². The molecule has 2 fully saturated rings. The normalized spacial score (nSPS) is 18.8. The second kappa shape index (κ2) is 17.2. The first-order chi connectivity index (χ1) is 23.1. The first kappa shape index (κ1) is 35.0. The standard InChI is InChI=1S/C32H41N11O4.ClH/c1-23(20-42-22-36-39-40-42)47-30-16-24(4-5-25(30)17-33)26-18-34-32(35-19-26)37-29-21-43(38-31(29)46-13-3-12-44-2)28-8-6-27(7-9-28)41-10-14-45-15-11-41;/h4-5,16,18-19,21-23,27-28H,3,6-15,20H2,1-2H3,(H,34,35,37);1H/t23-,27-,28-;/m0./s1. The van der Waals surface area contributed by atoms with Gasteiger partial charge in [0.15, 0.2) is 0 Å². The minimum Gasteiger partial charge on any atom is -0.487 e. The molecule has 3 aromatic heterocycles. The fraction of sp³-hybridized carbons (Fsp3) is 0.531. The SMILES string of the molecule is COCCCOc1nn([C@H]2CC[C@H](N3CCOCC3)CC2)cc1Nc1ncc(-c2ccc(C#N)c(O[C@@H](C)Cn3cnnn3)c2)cn1.Cl. The molecule has 16 heteroatoms. The maximum absolute atomic E-state index is 9.65. The van der Waals surface area contributed by atoms with Crippen LogP contribution in [0.15, 0.2) is 43.1 Å². The van der Waals surface area contributed by atoms with Crippen LogP contribution < -0.4 is 14.8 Å². The lowest BCUT2D eigenvalue weighted by molar-refractivity contribution is 0.00503. The van der Waals surface area contributed by atoms with Gasteiger partial charge in [-0.05, 0) is 60.7 Å². The maximum atomic E-state index is 9.65. The van der Waals surface area contributed by atoms with E-state index in [0.717, 1.165) is 75.2 Å². The van der Waals surface area contributed by atoms with Crippen LogP contribution in [0.5, 0.6) is 11.6 Å². The summed E-state index contributed by atoms with van der Waals surface area (Å²) >= 11 is 0. The van der Waals surface area contributed by atoms with E-state index in [1.807, 2.05) is 29.9 Å². The number of aromatic nitrogens is 8. The Morgan fingerprint density at radius 2 is 1.83 bits per heavy atom. The van der Waals surface area contributed by atoms with Crippen molar-refractivity contribution in [2.75, 3.05) is 51.9 Å². The second-order valence-electron chi connectivity index (χ2n) is 11.8. The van der Waals surface area contributed by atoms with Crippen LogP contribution in [-0.2, 0) is 16.0 Å². The predicted molar refractivity (Wildman–Crippen MR) is 179 cm³/mol. The third-order valence-electron chi connectivity index (χ3n) is 8.53. The molecule has 1 saturated carbocycles. The molecule has 0 amide bonds. The fourth-order valence-corrected chi connectivity index (χ4v) is 6.09. The van der Waals surface area contributed by atoms with Gasteiger partial charge >= 0.3 is 0 Å². The maximum Gasteiger partial charge on any atom is 0.256 e. The summed E-state index contributed by atoms with van der Waals surface area (Å²) in [6.45, 7) is 7.13. The van der Waals surface area contributed by atoms with E-state index < -0.39 is 0 Å². The van der Waals surface area contributed by atoms with Gasteiger partial charge in [0.25, 0.3) is 5.88 Å². The smallest absolute Gasteiger partial charge is 0.256 e. The van der Waals surface area contributed by atoms with Crippen LogP contribution in [0.1, 0.15) is 50.6 Å². The van der Waals surface area contributed by atoms with Gasteiger partial charge in [0.2, 0.25) is 5.95 Å². The quantitative estimate of drug-likeness (QED) is 0.190. The van der Waals surface area contributed by atoms with E-state index in [1.165, 1.54) is 6.33 Å². The van der Waals surface area contributed by atoms with E-state index in [1.54, 1.807) is 30.3 Å². The lowest BCUT2D eigenvalue weighted by atomic mass is 9.90. The summed E-state index contributed by atoms with van der Waals surface area (Å²) < 4.78 is 26.5. The van der Waals surface area contributed by atoms with Crippen molar-refractivity contribution in [1.82, 2.24) is 44.9 Å². The Balaban J connectivity index is 0.00000451. The predicted octanol–water partition coefficient (Wildman–Crippen LogP) is 4.06. The molecule has 256 valence electrons. The van der Waals surface area contributed by atoms with Gasteiger partial charge in [-0.2, -0.15) is 5.26 Å². The Morgan fingerprint density at radius 3 is 2.54 bits per heavy atom. The number of tetrazole rings is 1. The molecule has 0 bridgehead atoms. The van der Waals surface area contributed by atoms with Gasteiger partial charge in [-0.15, -0.1) is 22.6 Å². The molecule has 4 aromatic rings. The zero-order chi connectivity index (χ0) is 32.4. The summed E-state index contributed by atoms with van der Waals surface area (Å²) in [7, 11) is 1.68. The number of nitriles is 1. The highest BCUT2D eigenvalue weighted by molar-refractivity contribution is 5.85. The number of anilines is 2. The molecule has 0 spiro atoms. The van der Waals surface area contributed by atoms with Crippen molar-refractivity contribution in [2.24, 2.45) is 0 Å². The van der Waals surface area contributed by atoms with E-state index in [0.29, 0.717) is 55.0 Å². The van der Waals surface area contributed by atoms with Crippen LogP contribution >= 0.6 is 12.4 Å². The molecule has 2 aliphatic rings. The van der Waals surface area contributed by atoms with Gasteiger partial charge in [-0.1, -0.05) is 6.07 Å². The van der Waals surface area contributed by atoms with Crippen molar-refractivity contribution < 1.29 is 18.9 Å². The van der Waals surface area contributed by atoms with E-state index in [9.17, 15) is 5.26 Å². The number of hydrogen-bond acceptors (Lipinski definition) is 13. The summed E-state index contributed by atoms with van der Waals surface area (Å²) in [6.07, 6.45) is 11.9. The number of morpholine rings is 1. The molecule has 0 radical (unpaired) electrons. The highest BCUT2D eigenvalue weighted by Gasteiger charge is 2.29. The van der Waals surface area contributed by atoms with E-state index in [4.69, 9.17) is 24.0 Å². The molecule has 15 nitrogen and oxygen atoms in total. The Bertz CT molecular complexity index is 1600. The molecule has 1 aliphatic carbocycles. The molecule has 1 N–H and O–H groups in total. The van der Waals surface area contributed by atoms with E-state index in [-0.39, 0.29) is 18.5 Å². The molecule has 4 heterocycles. The Kier molecular flexibility index (Phi) is 12.5. The van der Waals surface area contributed by atoms with Crippen LogP contribution in [0.4, 0.5) is 11.6 Å².